The standard InChI is InChI=1S/C20H16ClFN2O3/c1-12(25)23-16-8-4-14(5-9-16)17-18(21)20(27)24(19(17)26)11-10-13-2-6-15(22)7-3-13/h2-9H,10-11H2,1H3,(H,23,25). The highest BCUT2D eigenvalue weighted by Gasteiger charge is 2.37. The van der Waals surface area contributed by atoms with Crippen LogP contribution in [0.3, 0.4) is 0 Å². The largest absolute Gasteiger partial charge is 0.326 e. The fourth-order valence-electron chi connectivity index (χ4n) is 2.82. The van der Waals surface area contributed by atoms with Crippen LogP contribution >= 0.6 is 11.6 Å². The zero-order chi connectivity index (χ0) is 19.6. The van der Waals surface area contributed by atoms with Crippen molar-refractivity contribution in [2.24, 2.45) is 0 Å². The highest BCUT2D eigenvalue weighted by Crippen LogP contribution is 2.32. The van der Waals surface area contributed by atoms with Crippen LogP contribution in [-0.2, 0) is 20.8 Å². The van der Waals surface area contributed by atoms with E-state index in [-0.39, 0.29) is 28.9 Å². The number of hydrogen-bond donors (Lipinski definition) is 1. The van der Waals surface area contributed by atoms with Crippen LogP contribution in [0.2, 0.25) is 0 Å². The maximum absolute atomic E-state index is 13.0. The van der Waals surface area contributed by atoms with Gasteiger partial charge in [0, 0.05) is 19.2 Å². The number of amides is 3. The molecule has 3 amide bonds. The van der Waals surface area contributed by atoms with Gasteiger partial charge in [-0.25, -0.2) is 4.39 Å². The fourth-order valence-corrected chi connectivity index (χ4v) is 3.11. The van der Waals surface area contributed by atoms with Gasteiger partial charge in [0.15, 0.2) is 0 Å². The second kappa shape index (κ2) is 7.72. The molecule has 0 saturated heterocycles. The molecule has 0 radical (unpaired) electrons. The number of carbonyl (C=O) groups excluding carboxylic acids is 3. The summed E-state index contributed by atoms with van der Waals surface area (Å²) in [6.07, 6.45) is 0.399. The molecule has 0 aromatic heterocycles. The first-order valence-electron chi connectivity index (χ1n) is 8.25. The van der Waals surface area contributed by atoms with Crippen LogP contribution in [0.1, 0.15) is 18.1 Å². The number of rotatable bonds is 5. The number of imide groups is 1. The van der Waals surface area contributed by atoms with Crippen molar-refractivity contribution in [3.63, 3.8) is 0 Å². The molecule has 5 nitrogen and oxygen atoms in total. The molecule has 1 heterocycles. The lowest BCUT2D eigenvalue weighted by Gasteiger charge is -2.15. The van der Waals surface area contributed by atoms with Gasteiger partial charge in [-0.15, -0.1) is 0 Å². The molecule has 1 aliphatic rings. The Labute approximate surface area is 160 Å². The Morgan fingerprint density at radius 1 is 1.04 bits per heavy atom. The maximum atomic E-state index is 13.0. The van der Waals surface area contributed by atoms with E-state index >= 15 is 0 Å². The number of hydrogen-bond acceptors (Lipinski definition) is 3. The third-order valence-electron chi connectivity index (χ3n) is 4.14. The van der Waals surface area contributed by atoms with Gasteiger partial charge >= 0.3 is 0 Å². The first-order chi connectivity index (χ1) is 12.9. The van der Waals surface area contributed by atoms with Gasteiger partial charge in [-0.2, -0.15) is 0 Å². The summed E-state index contributed by atoms with van der Waals surface area (Å²) < 4.78 is 13.0. The molecular weight excluding hydrogens is 371 g/mol. The second-order valence-corrected chi connectivity index (χ2v) is 6.46. The van der Waals surface area contributed by atoms with Gasteiger partial charge < -0.3 is 5.32 Å². The SMILES string of the molecule is CC(=O)Nc1ccc(C2=C(Cl)C(=O)N(CCc3ccc(F)cc3)C2=O)cc1. The van der Waals surface area contributed by atoms with Crippen LogP contribution in [-0.4, -0.2) is 29.2 Å². The van der Waals surface area contributed by atoms with Gasteiger partial charge in [0.05, 0.1) is 5.57 Å². The summed E-state index contributed by atoms with van der Waals surface area (Å²) in [5.74, 6) is -1.58. The molecule has 27 heavy (non-hydrogen) atoms. The predicted octanol–water partition coefficient (Wildman–Crippen LogP) is 3.35. The van der Waals surface area contributed by atoms with Crippen LogP contribution in [0.15, 0.2) is 53.6 Å². The van der Waals surface area contributed by atoms with Crippen LogP contribution < -0.4 is 5.32 Å². The number of nitrogens with one attached hydrogen (secondary N) is 1. The Kier molecular flexibility index (Phi) is 5.37. The molecule has 0 saturated carbocycles. The van der Waals surface area contributed by atoms with Crippen molar-refractivity contribution in [2.45, 2.75) is 13.3 Å². The first-order valence-corrected chi connectivity index (χ1v) is 8.63. The van der Waals surface area contributed by atoms with Crippen LogP contribution in [0.5, 0.6) is 0 Å². The predicted molar refractivity (Wildman–Crippen MR) is 100 cm³/mol. The Morgan fingerprint density at radius 3 is 2.26 bits per heavy atom. The minimum Gasteiger partial charge on any atom is -0.326 e. The molecule has 1 aliphatic heterocycles. The van der Waals surface area contributed by atoms with E-state index in [1.165, 1.54) is 19.1 Å². The molecule has 2 aromatic carbocycles. The van der Waals surface area contributed by atoms with E-state index in [1.54, 1.807) is 36.4 Å². The van der Waals surface area contributed by atoms with Crippen LogP contribution in [0.4, 0.5) is 10.1 Å². The molecule has 138 valence electrons. The van der Waals surface area contributed by atoms with Crippen molar-refractivity contribution in [2.75, 3.05) is 11.9 Å². The molecule has 0 atom stereocenters. The molecule has 0 aliphatic carbocycles. The molecular formula is C20H16ClFN2O3. The fraction of sp³-hybridized carbons (Fsp3) is 0.150. The highest BCUT2D eigenvalue weighted by atomic mass is 35.5. The first kappa shape index (κ1) is 18.8. The average Bonchev–Trinajstić information content (AvgIpc) is 2.84. The van der Waals surface area contributed by atoms with Gasteiger partial charge in [0.25, 0.3) is 11.8 Å². The minimum absolute atomic E-state index is 0.133. The summed E-state index contributed by atoms with van der Waals surface area (Å²) in [5, 5.41) is 2.50. The van der Waals surface area contributed by atoms with Gasteiger partial charge in [-0.1, -0.05) is 35.9 Å². The van der Waals surface area contributed by atoms with E-state index in [4.69, 9.17) is 11.6 Å². The molecule has 1 N–H and O–H groups in total. The van der Waals surface area contributed by atoms with Crippen molar-refractivity contribution < 1.29 is 18.8 Å². The van der Waals surface area contributed by atoms with E-state index in [1.807, 2.05) is 0 Å². The van der Waals surface area contributed by atoms with Gasteiger partial charge in [0.1, 0.15) is 10.8 Å². The zero-order valence-corrected chi connectivity index (χ0v) is 15.2. The van der Waals surface area contributed by atoms with E-state index in [0.29, 0.717) is 17.7 Å². The maximum Gasteiger partial charge on any atom is 0.273 e. The highest BCUT2D eigenvalue weighted by molar-refractivity contribution is 6.55. The smallest absolute Gasteiger partial charge is 0.273 e. The lowest BCUT2D eigenvalue weighted by molar-refractivity contribution is -0.136. The lowest BCUT2D eigenvalue weighted by atomic mass is 10.1. The van der Waals surface area contributed by atoms with Crippen molar-refractivity contribution in [1.29, 1.82) is 0 Å². The van der Waals surface area contributed by atoms with Crippen LogP contribution in [0, 0.1) is 5.82 Å². The van der Waals surface area contributed by atoms with Crippen LogP contribution in [0.25, 0.3) is 5.57 Å². The molecule has 0 spiro atoms. The lowest BCUT2D eigenvalue weighted by Crippen LogP contribution is -2.33. The van der Waals surface area contributed by atoms with Crippen molar-refractivity contribution in [3.8, 4) is 0 Å². The second-order valence-electron chi connectivity index (χ2n) is 6.09. The van der Waals surface area contributed by atoms with E-state index < -0.39 is 11.8 Å². The Morgan fingerprint density at radius 2 is 1.67 bits per heavy atom. The summed E-state index contributed by atoms with van der Waals surface area (Å²) in [4.78, 5) is 37.3. The number of anilines is 1. The number of carbonyl (C=O) groups is 3. The summed E-state index contributed by atoms with van der Waals surface area (Å²) in [7, 11) is 0. The number of benzene rings is 2. The molecule has 2 aromatic rings. The minimum atomic E-state index is -0.551. The summed E-state index contributed by atoms with van der Waals surface area (Å²) in [6, 6.07) is 12.4. The molecule has 0 unspecified atom stereocenters. The molecule has 0 bridgehead atoms. The van der Waals surface area contributed by atoms with Crippen molar-refractivity contribution in [1.82, 2.24) is 4.90 Å². The average molecular weight is 387 g/mol. The molecule has 3 rings (SSSR count). The zero-order valence-electron chi connectivity index (χ0n) is 14.5. The van der Waals surface area contributed by atoms with E-state index in [0.717, 1.165) is 10.5 Å². The number of nitrogens with zero attached hydrogens (tertiary/aromatic N) is 1. The van der Waals surface area contributed by atoms with E-state index in [2.05, 4.69) is 5.32 Å². The molecule has 0 fully saturated rings. The topological polar surface area (TPSA) is 66.5 Å². The normalized spacial score (nSPS) is 14.1. The quantitative estimate of drug-likeness (QED) is 0.801. The summed E-state index contributed by atoms with van der Waals surface area (Å²) in [5.41, 5.74) is 2.01. The molecule has 7 heteroatoms. The monoisotopic (exact) mass is 386 g/mol. The number of halogens is 2. The van der Waals surface area contributed by atoms with E-state index in [9.17, 15) is 18.8 Å². The Hall–Kier alpha value is -2.99. The summed E-state index contributed by atoms with van der Waals surface area (Å²) >= 11 is 6.13. The van der Waals surface area contributed by atoms with Gasteiger partial charge in [-0.05, 0) is 41.8 Å². The van der Waals surface area contributed by atoms with Gasteiger partial charge in [0.2, 0.25) is 5.91 Å². The third kappa shape index (κ3) is 4.06. The Bertz CT molecular complexity index is 937. The third-order valence-corrected chi connectivity index (χ3v) is 4.49. The Balaban J connectivity index is 1.75. The summed E-state index contributed by atoms with van der Waals surface area (Å²) in [6.45, 7) is 1.54. The van der Waals surface area contributed by atoms with Gasteiger partial charge in [-0.3, -0.25) is 19.3 Å². The van der Waals surface area contributed by atoms with Crippen molar-refractivity contribution >= 4 is 40.6 Å². The van der Waals surface area contributed by atoms with Crippen molar-refractivity contribution in [3.05, 3.63) is 70.5 Å².